The molecular weight excluding hydrogens is 398 g/mol. The first kappa shape index (κ1) is 19.6. The highest BCUT2D eigenvalue weighted by molar-refractivity contribution is 8.26. The van der Waals surface area contributed by atoms with Crippen LogP contribution in [0, 0.1) is 6.92 Å². The van der Waals surface area contributed by atoms with Gasteiger partial charge < -0.3 is 0 Å². The quantitative estimate of drug-likeness (QED) is 0.407. The van der Waals surface area contributed by atoms with Gasteiger partial charge in [-0.15, -0.1) is 0 Å². The zero-order valence-electron chi connectivity index (χ0n) is 16.3. The number of thiocarbonyl (C=S) groups is 1. The molecular formula is C23H21N3OS2. The molecule has 1 saturated heterocycles. The lowest BCUT2D eigenvalue weighted by Crippen LogP contribution is -2.28. The molecule has 6 heteroatoms. The predicted molar refractivity (Wildman–Crippen MR) is 124 cm³/mol. The first-order valence-corrected chi connectivity index (χ1v) is 10.8. The molecule has 146 valence electrons. The summed E-state index contributed by atoms with van der Waals surface area (Å²) in [7, 11) is 0. The molecule has 0 atom stereocenters. The van der Waals surface area contributed by atoms with Crippen LogP contribution >= 0.6 is 24.0 Å². The molecule has 0 saturated carbocycles. The topological polar surface area (TPSA) is 38.1 Å². The van der Waals surface area contributed by atoms with Crippen molar-refractivity contribution in [1.82, 2.24) is 14.7 Å². The molecule has 1 amide bonds. The van der Waals surface area contributed by atoms with Crippen molar-refractivity contribution in [2.45, 2.75) is 20.3 Å². The van der Waals surface area contributed by atoms with Crippen LogP contribution in [0.4, 0.5) is 0 Å². The van der Waals surface area contributed by atoms with Crippen molar-refractivity contribution in [3.63, 3.8) is 0 Å². The van der Waals surface area contributed by atoms with Crippen LogP contribution in [-0.2, 0) is 4.79 Å². The molecule has 0 radical (unpaired) electrons. The number of benzene rings is 2. The summed E-state index contributed by atoms with van der Waals surface area (Å²) in [5.41, 5.74) is 4.92. The monoisotopic (exact) mass is 419 g/mol. The van der Waals surface area contributed by atoms with E-state index in [9.17, 15) is 4.79 Å². The van der Waals surface area contributed by atoms with E-state index in [1.165, 1.54) is 17.3 Å². The van der Waals surface area contributed by atoms with Crippen molar-refractivity contribution < 1.29 is 4.79 Å². The largest absolute Gasteiger partial charge is 0.293 e. The average molecular weight is 420 g/mol. The zero-order valence-corrected chi connectivity index (χ0v) is 18.0. The van der Waals surface area contributed by atoms with Gasteiger partial charge in [0, 0.05) is 23.9 Å². The number of aromatic nitrogens is 2. The van der Waals surface area contributed by atoms with Crippen molar-refractivity contribution in [3.8, 4) is 16.9 Å². The lowest BCUT2D eigenvalue weighted by Gasteiger charge is -2.11. The predicted octanol–water partition coefficient (Wildman–Crippen LogP) is 5.46. The molecule has 0 N–H and O–H groups in total. The minimum atomic E-state index is -0.0239. The van der Waals surface area contributed by atoms with E-state index in [4.69, 9.17) is 17.3 Å². The Labute approximate surface area is 180 Å². The Kier molecular flexibility index (Phi) is 5.65. The van der Waals surface area contributed by atoms with E-state index in [1.807, 2.05) is 54.2 Å². The molecule has 2 aromatic carbocycles. The SMILES string of the molecule is CCCN1C(=O)/C(=C/c2cn(-c3ccccc3)nc2-c2ccc(C)cc2)SC1=S. The number of para-hydroxylation sites is 1. The number of nitrogens with zero attached hydrogens (tertiary/aromatic N) is 3. The summed E-state index contributed by atoms with van der Waals surface area (Å²) in [6, 6.07) is 18.2. The van der Waals surface area contributed by atoms with E-state index in [0.717, 1.165) is 28.9 Å². The number of hydrogen-bond acceptors (Lipinski definition) is 4. The maximum Gasteiger partial charge on any atom is 0.266 e. The van der Waals surface area contributed by atoms with Crippen LogP contribution in [0.1, 0.15) is 24.5 Å². The fourth-order valence-corrected chi connectivity index (χ4v) is 4.50. The van der Waals surface area contributed by atoms with Gasteiger partial charge in [-0.05, 0) is 31.6 Å². The van der Waals surface area contributed by atoms with E-state index in [1.54, 1.807) is 4.90 Å². The van der Waals surface area contributed by atoms with Crippen LogP contribution in [-0.4, -0.2) is 31.5 Å². The fourth-order valence-electron chi connectivity index (χ4n) is 3.20. The molecule has 1 fully saturated rings. The molecule has 0 aliphatic carbocycles. The van der Waals surface area contributed by atoms with Gasteiger partial charge in [-0.25, -0.2) is 4.68 Å². The molecule has 3 aromatic rings. The van der Waals surface area contributed by atoms with Crippen molar-refractivity contribution in [2.75, 3.05) is 6.54 Å². The molecule has 1 aliphatic heterocycles. The molecule has 4 nitrogen and oxygen atoms in total. The highest BCUT2D eigenvalue weighted by Gasteiger charge is 2.31. The molecule has 1 aliphatic rings. The maximum absolute atomic E-state index is 12.8. The van der Waals surface area contributed by atoms with Crippen LogP contribution in [0.2, 0.25) is 0 Å². The molecule has 0 unspecified atom stereocenters. The second-order valence-electron chi connectivity index (χ2n) is 6.91. The lowest BCUT2D eigenvalue weighted by atomic mass is 10.1. The summed E-state index contributed by atoms with van der Waals surface area (Å²) in [6.07, 6.45) is 4.76. The van der Waals surface area contributed by atoms with Gasteiger partial charge in [0.25, 0.3) is 5.91 Å². The van der Waals surface area contributed by atoms with Gasteiger partial charge in [0.15, 0.2) is 0 Å². The molecule has 29 heavy (non-hydrogen) atoms. The van der Waals surface area contributed by atoms with Gasteiger partial charge in [0.2, 0.25) is 0 Å². The van der Waals surface area contributed by atoms with Crippen LogP contribution in [0.15, 0.2) is 65.7 Å². The molecule has 1 aromatic heterocycles. The van der Waals surface area contributed by atoms with Gasteiger partial charge in [-0.1, -0.05) is 78.9 Å². The van der Waals surface area contributed by atoms with Crippen LogP contribution in [0.25, 0.3) is 23.0 Å². The van der Waals surface area contributed by atoms with Gasteiger partial charge in [-0.3, -0.25) is 9.69 Å². The standard InChI is InChI=1S/C23H21N3OS2/c1-3-13-25-22(27)20(29-23(25)28)14-18-15-26(19-7-5-4-6-8-19)24-21(18)17-11-9-16(2)10-12-17/h4-12,14-15H,3,13H2,1-2H3/b20-14-. The highest BCUT2D eigenvalue weighted by atomic mass is 32.2. The van der Waals surface area contributed by atoms with Crippen molar-refractivity contribution in [1.29, 1.82) is 0 Å². The highest BCUT2D eigenvalue weighted by Crippen LogP contribution is 2.35. The molecule has 4 rings (SSSR count). The zero-order chi connectivity index (χ0) is 20.4. The number of aryl methyl sites for hydroxylation is 1. The summed E-state index contributed by atoms with van der Waals surface area (Å²) in [6.45, 7) is 4.75. The third-order valence-corrected chi connectivity index (χ3v) is 6.07. The number of carbonyl (C=O) groups excluding carboxylic acids is 1. The van der Waals surface area contributed by atoms with E-state index >= 15 is 0 Å². The van der Waals surface area contributed by atoms with Gasteiger partial charge >= 0.3 is 0 Å². The lowest BCUT2D eigenvalue weighted by molar-refractivity contribution is -0.122. The normalized spacial score (nSPS) is 15.5. The Morgan fingerprint density at radius 3 is 2.52 bits per heavy atom. The Balaban J connectivity index is 1.79. The van der Waals surface area contributed by atoms with E-state index < -0.39 is 0 Å². The van der Waals surface area contributed by atoms with Crippen LogP contribution < -0.4 is 0 Å². The van der Waals surface area contributed by atoms with Crippen LogP contribution in [0.5, 0.6) is 0 Å². The maximum atomic E-state index is 12.8. The summed E-state index contributed by atoms with van der Waals surface area (Å²) in [5.74, 6) is -0.0239. The van der Waals surface area contributed by atoms with Crippen molar-refractivity contribution >= 4 is 40.3 Å². The van der Waals surface area contributed by atoms with E-state index in [2.05, 4.69) is 31.2 Å². The average Bonchev–Trinajstić information content (AvgIpc) is 3.26. The second-order valence-corrected chi connectivity index (χ2v) is 8.59. The minimum Gasteiger partial charge on any atom is -0.293 e. The fraction of sp³-hybridized carbons (Fsp3) is 0.174. The van der Waals surface area contributed by atoms with E-state index in [0.29, 0.717) is 15.8 Å². The summed E-state index contributed by atoms with van der Waals surface area (Å²) in [5, 5.41) is 4.83. The van der Waals surface area contributed by atoms with Crippen molar-refractivity contribution in [3.05, 3.63) is 76.8 Å². The third kappa shape index (κ3) is 4.04. The second kappa shape index (κ2) is 8.35. The van der Waals surface area contributed by atoms with Gasteiger partial charge in [0.1, 0.15) is 4.32 Å². The Bertz CT molecular complexity index is 1090. The first-order chi connectivity index (χ1) is 14.1. The number of amides is 1. The Hall–Kier alpha value is -2.70. The molecule has 2 heterocycles. The number of rotatable bonds is 5. The van der Waals surface area contributed by atoms with Gasteiger partial charge in [-0.2, -0.15) is 5.10 Å². The van der Waals surface area contributed by atoms with Gasteiger partial charge in [0.05, 0.1) is 16.3 Å². The Morgan fingerprint density at radius 2 is 1.83 bits per heavy atom. The smallest absolute Gasteiger partial charge is 0.266 e. The molecule has 0 spiro atoms. The number of hydrogen-bond donors (Lipinski definition) is 0. The summed E-state index contributed by atoms with van der Waals surface area (Å²) < 4.78 is 2.48. The number of thioether (sulfide) groups is 1. The van der Waals surface area contributed by atoms with Crippen molar-refractivity contribution in [2.24, 2.45) is 0 Å². The first-order valence-electron chi connectivity index (χ1n) is 9.54. The third-order valence-electron chi connectivity index (χ3n) is 4.70. The number of carbonyl (C=O) groups is 1. The summed E-state index contributed by atoms with van der Waals surface area (Å²) in [4.78, 5) is 15.1. The summed E-state index contributed by atoms with van der Waals surface area (Å²) >= 11 is 6.76. The molecule has 0 bridgehead atoms. The van der Waals surface area contributed by atoms with Crippen LogP contribution in [0.3, 0.4) is 0 Å². The minimum absolute atomic E-state index is 0.0239. The van der Waals surface area contributed by atoms with E-state index in [-0.39, 0.29) is 5.91 Å². The Morgan fingerprint density at radius 1 is 1.10 bits per heavy atom.